The highest BCUT2D eigenvalue weighted by Crippen LogP contribution is 2.25. The Balaban J connectivity index is 2.03. The number of aryl methyl sites for hydroxylation is 2. The molecule has 0 aliphatic rings. The van der Waals surface area contributed by atoms with Crippen LogP contribution in [-0.2, 0) is 9.53 Å². The van der Waals surface area contributed by atoms with Crippen LogP contribution < -0.4 is 10.6 Å². The minimum Gasteiger partial charge on any atom is -0.449 e. The quantitative estimate of drug-likeness (QED) is 0.822. The maximum atomic E-state index is 12.3. The first-order chi connectivity index (χ1) is 10.9. The van der Waals surface area contributed by atoms with Crippen LogP contribution in [0.2, 0.25) is 0 Å². The fraction of sp³-hybridized carbons (Fsp3) is 0.312. The molecule has 1 amide bonds. The fourth-order valence-electron chi connectivity index (χ4n) is 2.02. The number of carbonyl (C=O) groups excluding carboxylic acids is 2. The molecule has 0 unspecified atom stereocenters. The Morgan fingerprint density at radius 3 is 2.70 bits per heavy atom. The van der Waals surface area contributed by atoms with Crippen molar-refractivity contribution < 1.29 is 14.3 Å². The van der Waals surface area contributed by atoms with Crippen molar-refractivity contribution in [2.75, 3.05) is 17.7 Å². The van der Waals surface area contributed by atoms with Gasteiger partial charge < -0.3 is 15.4 Å². The van der Waals surface area contributed by atoms with E-state index in [2.05, 4.69) is 15.0 Å². The van der Waals surface area contributed by atoms with Crippen LogP contribution in [0.25, 0.3) is 0 Å². The van der Waals surface area contributed by atoms with Gasteiger partial charge in [-0.1, -0.05) is 12.1 Å². The monoisotopic (exact) mass is 333 g/mol. The summed E-state index contributed by atoms with van der Waals surface area (Å²) < 4.78 is 9.37. The van der Waals surface area contributed by atoms with Crippen molar-refractivity contribution >= 4 is 34.1 Å². The summed E-state index contributed by atoms with van der Waals surface area (Å²) in [7, 11) is 1.71. The Morgan fingerprint density at radius 1 is 1.30 bits per heavy atom. The zero-order chi connectivity index (χ0) is 17.0. The molecular formula is C16H19N3O3S. The zero-order valence-corrected chi connectivity index (χ0v) is 14.3. The second-order valence-corrected chi connectivity index (χ2v) is 5.90. The summed E-state index contributed by atoms with van der Waals surface area (Å²) in [5, 5.41) is 6.26. The second-order valence-electron chi connectivity index (χ2n) is 5.13. The van der Waals surface area contributed by atoms with Crippen LogP contribution in [0.5, 0.6) is 0 Å². The molecule has 0 bridgehead atoms. The van der Waals surface area contributed by atoms with Gasteiger partial charge in [-0.15, -0.1) is 0 Å². The average Bonchev–Trinajstić information content (AvgIpc) is 2.88. The summed E-state index contributed by atoms with van der Waals surface area (Å²) in [4.78, 5) is 24.4. The predicted octanol–water partition coefficient (Wildman–Crippen LogP) is 2.99. The third kappa shape index (κ3) is 4.07. The standard InChI is InChI=1S/C16H19N3O3S/c1-9-6-5-7-12(8-9)18-14(20)11(3)22-16(21)13-10(2)19-23-15(13)17-4/h5-8,11,17H,1-4H3,(H,18,20)/t11-/m1/s1. The number of hydrogen-bond acceptors (Lipinski definition) is 6. The Kier molecular flexibility index (Phi) is 5.33. The van der Waals surface area contributed by atoms with Crippen molar-refractivity contribution in [2.24, 2.45) is 0 Å². The molecule has 2 rings (SSSR count). The number of nitrogens with one attached hydrogen (secondary N) is 2. The molecule has 0 radical (unpaired) electrons. The number of rotatable bonds is 5. The van der Waals surface area contributed by atoms with Crippen molar-refractivity contribution in [2.45, 2.75) is 26.9 Å². The van der Waals surface area contributed by atoms with Crippen LogP contribution in [0.1, 0.15) is 28.5 Å². The lowest BCUT2D eigenvalue weighted by Gasteiger charge is -2.14. The Hall–Kier alpha value is -2.41. The molecular weight excluding hydrogens is 314 g/mol. The third-order valence-electron chi connectivity index (χ3n) is 3.23. The lowest BCUT2D eigenvalue weighted by Crippen LogP contribution is -2.30. The van der Waals surface area contributed by atoms with E-state index in [0.717, 1.165) is 5.56 Å². The molecule has 7 heteroatoms. The Morgan fingerprint density at radius 2 is 2.04 bits per heavy atom. The highest BCUT2D eigenvalue weighted by atomic mass is 32.1. The van der Waals surface area contributed by atoms with Gasteiger partial charge in [-0.05, 0) is 50.0 Å². The van der Waals surface area contributed by atoms with Crippen LogP contribution in [0.4, 0.5) is 10.7 Å². The van der Waals surface area contributed by atoms with Gasteiger partial charge in [0.2, 0.25) is 0 Å². The maximum Gasteiger partial charge on any atom is 0.343 e. The summed E-state index contributed by atoms with van der Waals surface area (Å²) >= 11 is 1.18. The van der Waals surface area contributed by atoms with Gasteiger partial charge in [-0.3, -0.25) is 4.79 Å². The van der Waals surface area contributed by atoms with Gasteiger partial charge in [0.25, 0.3) is 5.91 Å². The van der Waals surface area contributed by atoms with E-state index in [0.29, 0.717) is 21.9 Å². The molecule has 2 N–H and O–H groups in total. The minimum atomic E-state index is -0.910. The lowest BCUT2D eigenvalue weighted by atomic mass is 10.2. The second kappa shape index (κ2) is 7.23. The minimum absolute atomic E-state index is 0.368. The fourth-order valence-corrected chi connectivity index (χ4v) is 2.75. The van der Waals surface area contributed by atoms with E-state index in [-0.39, 0.29) is 5.91 Å². The van der Waals surface area contributed by atoms with E-state index in [1.807, 2.05) is 25.1 Å². The highest BCUT2D eigenvalue weighted by molar-refractivity contribution is 7.10. The average molecular weight is 333 g/mol. The number of hydrogen-bond donors (Lipinski definition) is 2. The van der Waals surface area contributed by atoms with Crippen LogP contribution in [0, 0.1) is 13.8 Å². The normalized spacial score (nSPS) is 11.7. The molecule has 1 aromatic heterocycles. The van der Waals surface area contributed by atoms with Crippen molar-refractivity contribution in [3.63, 3.8) is 0 Å². The van der Waals surface area contributed by atoms with Crippen LogP contribution in [0.15, 0.2) is 24.3 Å². The molecule has 1 aromatic carbocycles. The molecule has 6 nitrogen and oxygen atoms in total. The van der Waals surface area contributed by atoms with Crippen molar-refractivity contribution in [1.29, 1.82) is 0 Å². The molecule has 0 saturated carbocycles. The summed E-state index contributed by atoms with van der Waals surface area (Å²) in [6.07, 6.45) is -0.910. The van der Waals surface area contributed by atoms with E-state index in [1.165, 1.54) is 18.5 Å². The predicted molar refractivity (Wildman–Crippen MR) is 91.1 cm³/mol. The molecule has 0 saturated heterocycles. The number of benzene rings is 1. The number of carbonyl (C=O) groups is 2. The topological polar surface area (TPSA) is 80.3 Å². The zero-order valence-electron chi connectivity index (χ0n) is 13.5. The van der Waals surface area contributed by atoms with E-state index in [4.69, 9.17) is 4.74 Å². The Bertz CT molecular complexity index is 727. The maximum absolute atomic E-state index is 12.3. The van der Waals surface area contributed by atoms with Crippen molar-refractivity contribution in [3.8, 4) is 0 Å². The molecule has 1 heterocycles. The van der Waals surface area contributed by atoms with Crippen LogP contribution in [-0.4, -0.2) is 29.4 Å². The van der Waals surface area contributed by atoms with E-state index >= 15 is 0 Å². The largest absolute Gasteiger partial charge is 0.449 e. The van der Waals surface area contributed by atoms with E-state index in [9.17, 15) is 9.59 Å². The van der Waals surface area contributed by atoms with Crippen LogP contribution in [0.3, 0.4) is 0 Å². The summed E-state index contributed by atoms with van der Waals surface area (Å²) in [6, 6.07) is 7.41. The molecule has 2 aromatic rings. The van der Waals surface area contributed by atoms with Gasteiger partial charge >= 0.3 is 5.97 Å². The number of esters is 1. The molecule has 0 aliphatic carbocycles. The summed E-state index contributed by atoms with van der Waals surface area (Å²) in [5.74, 6) is -0.941. The number of anilines is 2. The first-order valence-electron chi connectivity index (χ1n) is 7.15. The molecule has 0 spiro atoms. The SMILES string of the molecule is CNc1snc(C)c1C(=O)O[C@H](C)C(=O)Nc1cccc(C)c1. The van der Waals surface area contributed by atoms with Crippen molar-refractivity contribution in [3.05, 3.63) is 41.1 Å². The smallest absolute Gasteiger partial charge is 0.343 e. The van der Waals surface area contributed by atoms with Gasteiger partial charge in [0.05, 0.1) is 5.69 Å². The van der Waals surface area contributed by atoms with Crippen LogP contribution >= 0.6 is 11.5 Å². The van der Waals surface area contributed by atoms with Gasteiger partial charge in [0.15, 0.2) is 6.10 Å². The third-order valence-corrected chi connectivity index (χ3v) is 4.19. The Labute approximate surface area is 139 Å². The summed E-state index contributed by atoms with van der Waals surface area (Å²) in [6.45, 7) is 5.20. The van der Waals surface area contributed by atoms with E-state index in [1.54, 1.807) is 20.0 Å². The van der Waals surface area contributed by atoms with Gasteiger partial charge in [-0.25, -0.2) is 4.79 Å². The first kappa shape index (κ1) is 17.0. The van der Waals surface area contributed by atoms with Crippen molar-refractivity contribution in [1.82, 2.24) is 4.37 Å². The highest BCUT2D eigenvalue weighted by Gasteiger charge is 2.24. The summed E-state index contributed by atoms with van der Waals surface area (Å²) in [5.41, 5.74) is 2.65. The first-order valence-corrected chi connectivity index (χ1v) is 7.92. The van der Waals surface area contributed by atoms with Gasteiger partial charge in [0.1, 0.15) is 10.6 Å². The van der Waals surface area contributed by atoms with E-state index < -0.39 is 12.1 Å². The number of aromatic nitrogens is 1. The van der Waals surface area contributed by atoms with Gasteiger partial charge in [-0.2, -0.15) is 4.37 Å². The molecule has 1 atom stereocenters. The molecule has 23 heavy (non-hydrogen) atoms. The molecule has 122 valence electrons. The lowest BCUT2D eigenvalue weighted by molar-refractivity contribution is -0.123. The molecule has 0 aliphatic heterocycles. The number of nitrogens with zero attached hydrogens (tertiary/aromatic N) is 1. The number of amides is 1. The molecule has 0 fully saturated rings. The number of ether oxygens (including phenoxy) is 1. The van der Waals surface area contributed by atoms with Gasteiger partial charge in [0, 0.05) is 12.7 Å².